The average Bonchev–Trinajstić information content (AvgIpc) is 2.61. The highest BCUT2D eigenvalue weighted by atomic mass is 19.1. The standard InChI is InChI=1S/C13H17FN2O/c1-12(2)11(13(12,3)4)16-10(17)8-5-6-15-7-9(8)14/h5-7,11H,1-4H3,(H,16,17). The zero-order valence-electron chi connectivity index (χ0n) is 10.5. The summed E-state index contributed by atoms with van der Waals surface area (Å²) in [5.41, 5.74) is 0.150. The lowest BCUT2D eigenvalue weighted by Gasteiger charge is -2.07. The summed E-state index contributed by atoms with van der Waals surface area (Å²) >= 11 is 0. The van der Waals surface area contributed by atoms with Gasteiger partial charge < -0.3 is 5.32 Å². The number of amides is 1. The van der Waals surface area contributed by atoms with Crippen LogP contribution in [0, 0.1) is 16.6 Å². The van der Waals surface area contributed by atoms with Crippen LogP contribution in [0.25, 0.3) is 0 Å². The Morgan fingerprint density at radius 2 is 1.94 bits per heavy atom. The predicted molar refractivity (Wildman–Crippen MR) is 63.0 cm³/mol. The lowest BCUT2D eigenvalue weighted by atomic mass is 10.0. The van der Waals surface area contributed by atoms with Gasteiger partial charge in [-0.25, -0.2) is 4.39 Å². The first-order chi connectivity index (χ1) is 7.78. The summed E-state index contributed by atoms with van der Waals surface area (Å²) in [4.78, 5) is 15.5. The molecule has 1 saturated carbocycles. The van der Waals surface area contributed by atoms with Crippen LogP contribution in [-0.2, 0) is 0 Å². The average molecular weight is 236 g/mol. The first-order valence-corrected chi connectivity index (χ1v) is 5.69. The molecule has 1 aliphatic carbocycles. The van der Waals surface area contributed by atoms with Gasteiger partial charge in [0.05, 0.1) is 11.8 Å². The molecule has 1 amide bonds. The van der Waals surface area contributed by atoms with Crippen LogP contribution in [0.3, 0.4) is 0 Å². The molecule has 4 heteroatoms. The lowest BCUT2D eigenvalue weighted by molar-refractivity contribution is 0.0939. The molecule has 1 heterocycles. The maximum atomic E-state index is 13.4. The van der Waals surface area contributed by atoms with Gasteiger partial charge in [0.15, 0.2) is 5.82 Å². The normalized spacial score (nSPS) is 21.0. The highest BCUT2D eigenvalue weighted by Crippen LogP contribution is 2.62. The Labute approximate surface area is 100 Å². The molecule has 2 rings (SSSR count). The fourth-order valence-electron chi connectivity index (χ4n) is 2.33. The van der Waals surface area contributed by atoms with Gasteiger partial charge in [-0.2, -0.15) is 0 Å². The highest BCUT2D eigenvalue weighted by molar-refractivity contribution is 5.94. The summed E-state index contributed by atoms with van der Waals surface area (Å²) in [5, 5.41) is 2.88. The molecule has 0 saturated heterocycles. The number of rotatable bonds is 2. The second kappa shape index (κ2) is 3.52. The summed E-state index contributed by atoms with van der Waals surface area (Å²) in [7, 11) is 0. The number of carbonyl (C=O) groups is 1. The molecular weight excluding hydrogens is 219 g/mol. The largest absolute Gasteiger partial charge is 0.348 e. The number of aromatic nitrogens is 1. The van der Waals surface area contributed by atoms with Crippen LogP contribution in [0.15, 0.2) is 18.5 Å². The molecule has 0 bridgehead atoms. The third kappa shape index (κ3) is 1.72. The first-order valence-electron chi connectivity index (χ1n) is 5.69. The molecule has 1 N–H and O–H groups in total. The van der Waals surface area contributed by atoms with Crippen molar-refractivity contribution in [3.05, 3.63) is 29.8 Å². The SMILES string of the molecule is CC1(C)C(NC(=O)c2ccncc2F)C1(C)C. The summed E-state index contributed by atoms with van der Waals surface area (Å²) in [6.45, 7) is 8.39. The Hall–Kier alpha value is -1.45. The predicted octanol–water partition coefficient (Wildman–Crippen LogP) is 2.39. The molecule has 1 aliphatic rings. The quantitative estimate of drug-likeness (QED) is 0.856. The van der Waals surface area contributed by atoms with Crippen molar-refractivity contribution in [3.63, 3.8) is 0 Å². The van der Waals surface area contributed by atoms with E-state index in [1.165, 1.54) is 12.3 Å². The maximum Gasteiger partial charge on any atom is 0.254 e. The number of nitrogens with zero attached hydrogens (tertiary/aromatic N) is 1. The zero-order chi connectivity index (χ0) is 12.8. The van der Waals surface area contributed by atoms with E-state index in [4.69, 9.17) is 0 Å². The Morgan fingerprint density at radius 3 is 2.41 bits per heavy atom. The molecule has 17 heavy (non-hydrogen) atoms. The van der Waals surface area contributed by atoms with E-state index in [2.05, 4.69) is 38.0 Å². The van der Waals surface area contributed by atoms with E-state index in [-0.39, 0.29) is 28.3 Å². The molecule has 0 atom stereocenters. The molecule has 0 spiro atoms. The monoisotopic (exact) mass is 236 g/mol. The molecule has 1 aromatic heterocycles. The van der Waals surface area contributed by atoms with E-state index in [1.54, 1.807) is 0 Å². The van der Waals surface area contributed by atoms with Crippen LogP contribution in [0.2, 0.25) is 0 Å². The number of pyridine rings is 1. The molecule has 92 valence electrons. The molecular formula is C13H17FN2O. The van der Waals surface area contributed by atoms with E-state index < -0.39 is 5.82 Å². The molecule has 3 nitrogen and oxygen atoms in total. The molecule has 1 aromatic rings. The van der Waals surface area contributed by atoms with Crippen molar-refractivity contribution in [2.75, 3.05) is 0 Å². The van der Waals surface area contributed by atoms with Crippen molar-refractivity contribution < 1.29 is 9.18 Å². The van der Waals surface area contributed by atoms with Gasteiger partial charge >= 0.3 is 0 Å². The number of hydrogen-bond acceptors (Lipinski definition) is 2. The van der Waals surface area contributed by atoms with Gasteiger partial charge in [0.1, 0.15) is 0 Å². The minimum absolute atomic E-state index is 0.0478. The van der Waals surface area contributed by atoms with Gasteiger partial charge in [0, 0.05) is 12.2 Å². The topological polar surface area (TPSA) is 42.0 Å². The Kier molecular flexibility index (Phi) is 2.49. The third-order valence-electron chi connectivity index (χ3n) is 4.31. The maximum absolute atomic E-state index is 13.4. The van der Waals surface area contributed by atoms with Crippen molar-refractivity contribution in [1.29, 1.82) is 0 Å². The minimum Gasteiger partial charge on any atom is -0.348 e. The van der Waals surface area contributed by atoms with E-state index in [0.29, 0.717) is 0 Å². The van der Waals surface area contributed by atoms with Gasteiger partial charge in [-0.15, -0.1) is 0 Å². The van der Waals surface area contributed by atoms with Gasteiger partial charge in [-0.3, -0.25) is 9.78 Å². The van der Waals surface area contributed by atoms with Crippen molar-refractivity contribution >= 4 is 5.91 Å². The number of halogens is 1. The number of carbonyl (C=O) groups excluding carboxylic acids is 1. The number of nitrogens with one attached hydrogen (secondary N) is 1. The van der Waals surface area contributed by atoms with Crippen LogP contribution < -0.4 is 5.32 Å². The Bertz CT molecular complexity index is 454. The van der Waals surface area contributed by atoms with Crippen molar-refractivity contribution in [3.8, 4) is 0 Å². The zero-order valence-corrected chi connectivity index (χ0v) is 10.5. The fourth-order valence-corrected chi connectivity index (χ4v) is 2.33. The minimum atomic E-state index is -0.582. The van der Waals surface area contributed by atoms with Crippen LogP contribution in [0.5, 0.6) is 0 Å². The van der Waals surface area contributed by atoms with Crippen molar-refractivity contribution in [1.82, 2.24) is 10.3 Å². The Balaban J connectivity index is 2.13. The molecule has 0 unspecified atom stereocenters. The van der Waals surface area contributed by atoms with Crippen molar-refractivity contribution in [2.24, 2.45) is 10.8 Å². The van der Waals surface area contributed by atoms with Gasteiger partial charge in [-0.1, -0.05) is 27.7 Å². The first kappa shape index (κ1) is 12.0. The third-order valence-corrected chi connectivity index (χ3v) is 4.31. The van der Waals surface area contributed by atoms with Gasteiger partial charge in [0.2, 0.25) is 0 Å². The van der Waals surface area contributed by atoms with E-state index in [0.717, 1.165) is 6.20 Å². The van der Waals surface area contributed by atoms with Crippen LogP contribution in [0.1, 0.15) is 38.1 Å². The van der Waals surface area contributed by atoms with Crippen LogP contribution in [-0.4, -0.2) is 16.9 Å². The van der Waals surface area contributed by atoms with Crippen LogP contribution >= 0.6 is 0 Å². The highest BCUT2D eigenvalue weighted by Gasteiger charge is 2.65. The van der Waals surface area contributed by atoms with E-state index in [9.17, 15) is 9.18 Å². The molecule has 0 radical (unpaired) electrons. The summed E-state index contributed by atoms with van der Waals surface area (Å²) in [6, 6.07) is 1.47. The lowest BCUT2D eigenvalue weighted by Crippen LogP contribution is -2.30. The Morgan fingerprint density at radius 1 is 1.35 bits per heavy atom. The van der Waals surface area contributed by atoms with E-state index in [1.807, 2.05) is 0 Å². The van der Waals surface area contributed by atoms with Crippen LogP contribution in [0.4, 0.5) is 4.39 Å². The molecule has 1 fully saturated rings. The molecule has 0 aromatic carbocycles. The summed E-state index contributed by atoms with van der Waals surface area (Å²) in [6.07, 6.45) is 2.47. The van der Waals surface area contributed by atoms with Gasteiger partial charge in [0.25, 0.3) is 5.91 Å². The second-order valence-corrected chi connectivity index (χ2v) is 5.71. The number of hydrogen-bond donors (Lipinski definition) is 1. The summed E-state index contributed by atoms with van der Waals surface area (Å²) < 4.78 is 13.4. The van der Waals surface area contributed by atoms with Gasteiger partial charge in [-0.05, 0) is 16.9 Å². The van der Waals surface area contributed by atoms with E-state index >= 15 is 0 Å². The summed E-state index contributed by atoms with van der Waals surface area (Å²) in [5.74, 6) is -0.949. The van der Waals surface area contributed by atoms with Crippen molar-refractivity contribution in [2.45, 2.75) is 33.7 Å². The smallest absolute Gasteiger partial charge is 0.254 e. The molecule has 0 aliphatic heterocycles. The second-order valence-electron chi connectivity index (χ2n) is 5.71. The fraction of sp³-hybridized carbons (Fsp3) is 0.538.